The van der Waals surface area contributed by atoms with Crippen molar-refractivity contribution < 1.29 is 14.3 Å². The Bertz CT molecular complexity index is 686. The van der Waals surface area contributed by atoms with E-state index in [1.54, 1.807) is 6.07 Å². The zero-order valence-electron chi connectivity index (χ0n) is 12.8. The van der Waals surface area contributed by atoms with Crippen molar-refractivity contribution in [3.8, 4) is 11.5 Å². The maximum atomic E-state index is 11.4. The van der Waals surface area contributed by atoms with E-state index in [9.17, 15) is 4.79 Å². The van der Waals surface area contributed by atoms with Crippen LogP contribution in [0.25, 0.3) is 0 Å². The molecule has 5 heteroatoms. The average molecular weight is 364 g/mol. The molecule has 4 nitrogen and oxygen atoms in total. The Balaban J connectivity index is 2.19. The summed E-state index contributed by atoms with van der Waals surface area (Å²) in [5.74, 6) is 1.28. The lowest BCUT2D eigenvalue weighted by Crippen LogP contribution is -2.22. The molecule has 0 aliphatic heterocycles. The van der Waals surface area contributed by atoms with Gasteiger partial charge in [0.1, 0.15) is 18.1 Å². The third kappa shape index (κ3) is 4.01. The van der Waals surface area contributed by atoms with Crippen molar-refractivity contribution in [1.82, 2.24) is 5.32 Å². The van der Waals surface area contributed by atoms with Crippen LogP contribution in [0.4, 0.5) is 4.79 Å². The fourth-order valence-electron chi connectivity index (χ4n) is 2.04. The molecule has 0 atom stereocenters. The van der Waals surface area contributed by atoms with Crippen LogP contribution in [0.5, 0.6) is 11.5 Å². The predicted molar refractivity (Wildman–Crippen MR) is 89.5 cm³/mol. The van der Waals surface area contributed by atoms with E-state index in [1.165, 1.54) is 12.6 Å². The van der Waals surface area contributed by atoms with E-state index >= 15 is 0 Å². The van der Waals surface area contributed by atoms with Gasteiger partial charge in [-0.05, 0) is 37.6 Å². The van der Waals surface area contributed by atoms with E-state index in [-0.39, 0.29) is 0 Å². The van der Waals surface area contributed by atoms with Crippen molar-refractivity contribution >= 4 is 22.0 Å². The van der Waals surface area contributed by atoms with E-state index in [2.05, 4.69) is 27.3 Å². The van der Waals surface area contributed by atoms with E-state index in [4.69, 9.17) is 9.47 Å². The third-order valence-corrected chi connectivity index (χ3v) is 3.93. The summed E-state index contributed by atoms with van der Waals surface area (Å²) in [6, 6.07) is 11.4. The minimum absolute atomic E-state index is 0.303. The topological polar surface area (TPSA) is 47.6 Å². The first-order valence-electron chi connectivity index (χ1n) is 6.88. The highest BCUT2D eigenvalue weighted by Crippen LogP contribution is 2.29. The maximum absolute atomic E-state index is 11.4. The third-order valence-electron chi connectivity index (χ3n) is 3.19. The van der Waals surface area contributed by atoms with Crippen molar-refractivity contribution in [2.75, 3.05) is 7.05 Å². The van der Waals surface area contributed by atoms with Crippen molar-refractivity contribution in [2.24, 2.45) is 0 Å². The number of hydrogen-bond donors (Lipinski definition) is 1. The number of carbonyl (C=O) groups is 1. The zero-order valence-corrected chi connectivity index (χ0v) is 14.4. The molecular formula is C17H18BrNO3. The van der Waals surface area contributed by atoms with Gasteiger partial charge < -0.3 is 14.8 Å². The molecule has 2 aromatic rings. The van der Waals surface area contributed by atoms with Crippen LogP contribution < -0.4 is 14.8 Å². The number of ether oxygens (including phenoxy) is 2. The molecule has 0 aliphatic rings. The second-order valence-electron chi connectivity index (χ2n) is 4.91. The van der Waals surface area contributed by atoms with Gasteiger partial charge in [0, 0.05) is 17.1 Å². The van der Waals surface area contributed by atoms with E-state index < -0.39 is 6.09 Å². The smallest absolute Gasteiger partial charge is 0.412 e. The number of carbonyl (C=O) groups excluding carboxylic acids is 1. The molecule has 22 heavy (non-hydrogen) atoms. The zero-order chi connectivity index (χ0) is 16.1. The Morgan fingerprint density at radius 1 is 1.18 bits per heavy atom. The molecule has 0 unspecified atom stereocenters. The summed E-state index contributed by atoms with van der Waals surface area (Å²) < 4.78 is 12.0. The molecule has 0 bridgehead atoms. The summed E-state index contributed by atoms with van der Waals surface area (Å²) in [5.41, 5.74) is 3.04. The molecule has 1 N–H and O–H groups in total. The molecule has 116 valence electrons. The largest absolute Gasteiger partial charge is 0.488 e. The van der Waals surface area contributed by atoms with Crippen LogP contribution in [-0.4, -0.2) is 13.1 Å². The van der Waals surface area contributed by atoms with Gasteiger partial charge in [-0.25, -0.2) is 4.79 Å². The monoisotopic (exact) mass is 363 g/mol. The molecule has 0 radical (unpaired) electrons. The molecule has 2 rings (SSSR count). The molecule has 0 aromatic heterocycles. The van der Waals surface area contributed by atoms with Gasteiger partial charge in [0.25, 0.3) is 0 Å². The van der Waals surface area contributed by atoms with Gasteiger partial charge in [-0.3, -0.25) is 0 Å². The SMILES string of the molecule is CNC(=O)Oc1cccc(Br)c1COc1ccc(C)cc1C. The Kier molecular flexibility index (Phi) is 5.44. The van der Waals surface area contributed by atoms with E-state index in [1.807, 2.05) is 38.1 Å². The molecule has 0 spiro atoms. The first-order valence-corrected chi connectivity index (χ1v) is 7.67. The number of nitrogens with one attached hydrogen (secondary N) is 1. The Morgan fingerprint density at radius 2 is 1.95 bits per heavy atom. The fourth-order valence-corrected chi connectivity index (χ4v) is 2.50. The highest BCUT2D eigenvalue weighted by Gasteiger charge is 2.12. The van der Waals surface area contributed by atoms with Gasteiger partial charge in [-0.15, -0.1) is 0 Å². The highest BCUT2D eigenvalue weighted by atomic mass is 79.9. The van der Waals surface area contributed by atoms with Crippen LogP contribution in [0.2, 0.25) is 0 Å². The maximum Gasteiger partial charge on any atom is 0.412 e. The first kappa shape index (κ1) is 16.4. The van der Waals surface area contributed by atoms with Crippen LogP contribution in [0.1, 0.15) is 16.7 Å². The fraction of sp³-hybridized carbons (Fsp3) is 0.235. The summed E-state index contributed by atoms with van der Waals surface area (Å²) in [5, 5.41) is 2.43. The number of amides is 1. The molecule has 2 aromatic carbocycles. The predicted octanol–water partition coefficient (Wildman–Crippen LogP) is 4.36. The van der Waals surface area contributed by atoms with Crippen molar-refractivity contribution in [2.45, 2.75) is 20.5 Å². The van der Waals surface area contributed by atoms with Crippen LogP contribution in [0, 0.1) is 13.8 Å². The van der Waals surface area contributed by atoms with Crippen molar-refractivity contribution in [3.05, 3.63) is 57.6 Å². The lowest BCUT2D eigenvalue weighted by molar-refractivity contribution is 0.201. The van der Waals surface area contributed by atoms with Crippen LogP contribution in [0.3, 0.4) is 0 Å². The van der Waals surface area contributed by atoms with Crippen LogP contribution >= 0.6 is 15.9 Å². The highest BCUT2D eigenvalue weighted by molar-refractivity contribution is 9.10. The molecule has 1 amide bonds. The average Bonchev–Trinajstić information content (AvgIpc) is 2.48. The number of halogens is 1. The normalized spacial score (nSPS) is 10.2. The Labute approximate surface area is 138 Å². The molecule has 0 heterocycles. The molecular weight excluding hydrogens is 346 g/mol. The van der Waals surface area contributed by atoms with Crippen LogP contribution in [0.15, 0.2) is 40.9 Å². The number of hydrogen-bond acceptors (Lipinski definition) is 3. The number of benzene rings is 2. The lowest BCUT2D eigenvalue weighted by Gasteiger charge is -2.14. The standard InChI is InChI=1S/C17H18BrNO3/c1-11-7-8-15(12(2)9-11)21-10-13-14(18)5-4-6-16(13)22-17(20)19-3/h4-9H,10H2,1-3H3,(H,19,20). The van der Waals surface area contributed by atoms with Gasteiger partial charge in [0.05, 0.1) is 0 Å². The second kappa shape index (κ2) is 7.31. The van der Waals surface area contributed by atoms with E-state index in [0.29, 0.717) is 12.4 Å². The summed E-state index contributed by atoms with van der Waals surface area (Å²) in [7, 11) is 1.52. The number of aryl methyl sites for hydroxylation is 2. The van der Waals surface area contributed by atoms with Gasteiger partial charge in [0.2, 0.25) is 0 Å². The van der Waals surface area contributed by atoms with Gasteiger partial charge >= 0.3 is 6.09 Å². The van der Waals surface area contributed by atoms with Crippen LogP contribution in [-0.2, 0) is 6.61 Å². The molecule has 0 saturated carbocycles. The van der Waals surface area contributed by atoms with E-state index in [0.717, 1.165) is 21.3 Å². The second-order valence-corrected chi connectivity index (χ2v) is 5.77. The lowest BCUT2D eigenvalue weighted by atomic mass is 10.1. The van der Waals surface area contributed by atoms with Crippen molar-refractivity contribution in [3.63, 3.8) is 0 Å². The molecule has 0 aliphatic carbocycles. The molecule has 0 saturated heterocycles. The number of rotatable bonds is 4. The van der Waals surface area contributed by atoms with Gasteiger partial charge in [-0.2, -0.15) is 0 Å². The Hall–Kier alpha value is -2.01. The summed E-state index contributed by atoms with van der Waals surface area (Å²) in [6.45, 7) is 4.35. The minimum atomic E-state index is -0.508. The first-order chi connectivity index (χ1) is 10.5. The minimum Gasteiger partial charge on any atom is -0.488 e. The summed E-state index contributed by atoms with van der Waals surface area (Å²) in [6.07, 6.45) is -0.508. The Morgan fingerprint density at radius 3 is 2.64 bits per heavy atom. The quantitative estimate of drug-likeness (QED) is 0.877. The molecule has 0 fully saturated rings. The van der Waals surface area contributed by atoms with Crippen molar-refractivity contribution in [1.29, 1.82) is 0 Å². The van der Waals surface area contributed by atoms with Gasteiger partial charge in [0.15, 0.2) is 0 Å². The summed E-state index contributed by atoms with van der Waals surface area (Å²) >= 11 is 3.47. The summed E-state index contributed by atoms with van der Waals surface area (Å²) in [4.78, 5) is 11.4. The van der Waals surface area contributed by atoms with Gasteiger partial charge in [-0.1, -0.05) is 39.7 Å².